The molecule has 1 N–H and O–H groups in total. The third-order valence-corrected chi connectivity index (χ3v) is 4.84. The van der Waals surface area contributed by atoms with Crippen LogP contribution >= 0.6 is 11.3 Å². The molecule has 21 heavy (non-hydrogen) atoms. The third-order valence-electron chi connectivity index (χ3n) is 3.65. The van der Waals surface area contributed by atoms with Gasteiger partial charge in [0.15, 0.2) is 0 Å². The number of hydrogen-bond donors (Lipinski definition) is 1. The Bertz CT molecular complexity index is 662. The van der Waals surface area contributed by atoms with Crippen molar-refractivity contribution < 1.29 is 19.0 Å². The molecule has 112 valence electrons. The first-order valence-electron chi connectivity index (χ1n) is 6.90. The Labute approximate surface area is 125 Å². The summed E-state index contributed by atoms with van der Waals surface area (Å²) in [7, 11) is 0. The van der Waals surface area contributed by atoms with Crippen molar-refractivity contribution in [3.8, 4) is 0 Å². The van der Waals surface area contributed by atoms with Crippen LogP contribution in [-0.2, 0) is 11.3 Å². The van der Waals surface area contributed by atoms with Crippen molar-refractivity contribution in [2.24, 2.45) is 0 Å². The van der Waals surface area contributed by atoms with E-state index < -0.39 is 5.97 Å². The molecule has 6 heteroatoms. The van der Waals surface area contributed by atoms with Gasteiger partial charge in [-0.25, -0.2) is 9.18 Å². The highest BCUT2D eigenvalue weighted by Gasteiger charge is 2.22. The summed E-state index contributed by atoms with van der Waals surface area (Å²) in [6.45, 7) is 3.38. The van der Waals surface area contributed by atoms with Crippen molar-refractivity contribution in [2.45, 2.75) is 13.0 Å². The molecule has 1 aliphatic rings. The highest BCUT2D eigenvalue weighted by atomic mass is 32.1. The predicted molar refractivity (Wildman–Crippen MR) is 79.5 cm³/mol. The van der Waals surface area contributed by atoms with E-state index in [1.54, 1.807) is 12.1 Å². The van der Waals surface area contributed by atoms with E-state index in [0.29, 0.717) is 28.8 Å². The maximum absolute atomic E-state index is 14.1. The van der Waals surface area contributed by atoms with E-state index in [1.165, 1.54) is 6.07 Å². The van der Waals surface area contributed by atoms with Crippen molar-refractivity contribution >= 4 is 27.4 Å². The number of nitrogens with zero attached hydrogens (tertiary/aromatic N) is 1. The van der Waals surface area contributed by atoms with E-state index in [0.717, 1.165) is 37.5 Å². The highest BCUT2D eigenvalue weighted by molar-refractivity contribution is 7.21. The summed E-state index contributed by atoms with van der Waals surface area (Å²) < 4.78 is 20.2. The molecule has 2 aromatic rings. The number of carbonyl (C=O) groups is 1. The van der Waals surface area contributed by atoms with Crippen LogP contribution in [0.5, 0.6) is 0 Å². The number of ether oxygens (including phenoxy) is 1. The molecule has 2 heterocycles. The monoisotopic (exact) mass is 309 g/mol. The van der Waals surface area contributed by atoms with Gasteiger partial charge in [0, 0.05) is 41.9 Å². The second kappa shape index (κ2) is 6.09. The van der Waals surface area contributed by atoms with Crippen LogP contribution in [0.2, 0.25) is 0 Å². The minimum atomic E-state index is -0.989. The van der Waals surface area contributed by atoms with Crippen molar-refractivity contribution in [1.29, 1.82) is 0 Å². The maximum Gasteiger partial charge on any atom is 0.346 e. The molecule has 0 amide bonds. The minimum absolute atomic E-state index is 0.236. The van der Waals surface area contributed by atoms with E-state index in [1.807, 2.05) is 0 Å². The largest absolute Gasteiger partial charge is 0.477 e. The molecule has 0 spiro atoms. The third kappa shape index (κ3) is 2.92. The number of thiophene rings is 1. The second-order valence-electron chi connectivity index (χ2n) is 5.07. The lowest BCUT2D eigenvalue weighted by atomic mass is 10.1. The lowest BCUT2D eigenvalue weighted by Gasteiger charge is -2.19. The molecule has 0 aliphatic carbocycles. The molecule has 4 nitrogen and oxygen atoms in total. The van der Waals surface area contributed by atoms with Crippen LogP contribution < -0.4 is 0 Å². The van der Waals surface area contributed by atoms with Gasteiger partial charge in [-0.1, -0.05) is 6.07 Å². The number of aromatic carboxylic acids is 1. The van der Waals surface area contributed by atoms with E-state index in [-0.39, 0.29) is 10.7 Å². The fraction of sp³-hybridized carbons (Fsp3) is 0.400. The van der Waals surface area contributed by atoms with Crippen LogP contribution in [0.4, 0.5) is 4.39 Å². The lowest BCUT2D eigenvalue weighted by Crippen LogP contribution is -2.26. The molecule has 1 saturated heterocycles. The summed E-state index contributed by atoms with van der Waals surface area (Å²) in [6, 6.07) is 4.77. The molecular weight excluding hydrogens is 293 g/mol. The molecule has 1 aliphatic heterocycles. The van der Waals surface area contributed by atoms with Gasteiger partial charge in [-0.3, -0.25) is 4.90 Å². The summed E-state index contributed by atoms with van der Waals surface area (Å²) in [4.78, 5) is 13.8. The quantitative estimate of drug-likeness (QED) is 0.947. The SMILES string of the molecule is O=C(O)c1sc2cccc(F)c2c1CN1CCCOCC1. The Morgan fingerprint density at radius 1 is 1.38 bits per heavy atom. The molecule has 1 aromatic carbocycles. The number of carboxylic acids is 1. The van der Waals surface area contributed by atoms with Gasteiger partial charge in [0.05, 0.1) is 6.61 Å². The fourth-order valence-electron chi connectivity index (χ4n) is 2.67. The number of halogens is 1. The van der Waals surface area contributed by atoms with Crippen molar-refractivity contribution in [3.63, 3.8) is 0 Å². The molecular formula is C15H16FNO3S. The van der Waals surface area contributed by atoms with Crippen LogP contribution in [0, 0.1) is 5.82 Å². The van der Waals surface area contributed by atoms with E-state index in [9.17, 15) is 14.3 Å². The Kier molecular flexibility index (Phi) is 4.19. The lowest BCUT2D eigenvalue weighted by molar-refractivity contribution is 0.0700. The van der Waals surface area contributed by atoms with Gasteiger partial charge in [0.2, 0.25) is 0 Å². The molecule has 0 atom stereocenters. The Hall–Kier alpha value is -1.50. The van der Waals surface area contributed by atoms with E-state index in [4.69, 9.17) is 4.74 Å². The zero-order valence-corrected chi connectivity index (χ0v) is 12.3. The number of fused-ring (bicyclic) bond motifs is 1. The van der Waals surface area contributed by atoms with Gasteiger partial charge in [0.1, 0.15) is 10.7 Å². The van der Waals surface area contributed by atoms with E-state index in [2.05, 4.69) is 4.90 Å². The molecule has 3 rings (SSSR count). The Morgan fingerprint density at radius 3 is 3.05 bits per heavy atom. The van der Waals surface area contributed by atoms with Gasteiger partial charge in [-0.05, 0) is 18.6 Å². The summed E-state index contributed by atoms with van der Waals surface area (Å²) in [5.74, 6) is -1.34. The zero-order valence-electron chi connectivity index (χ0n) is 11.5. The van der Waals surface area contributed by atoms with E-state index >= 15 is 0 Å². The van der Waals surface area contributed by atoms with Gasteiger partial charge in [0.25, 0.3) is 0 Å². The first-order valence-corrected chi connectivity index (χ1v) is 7.72. The first kappa shape index (κ1) is 14.4. The number of carboxylic acid groups (broad SMARTS) is 1. The van der Waals surface area contributed by atoms with Crippen molar-refractivity contribution in [3.05, 3.63) is 34.5 Å². The van der Waals surface area contributed by atoms with Crippen LogP contribution in [0.15, 0.2) is 18.2 Å². The normalized spacial score (nSPS) is 17.0. The molecule has 1 aromatic heterocycles. The fourth-order valence-corrected chi connectivity index (χ4v) is 3.74. The standard InChI is InChI=1S/C15H16FNO3S/c16-11-3-1-4-12-13(11)10(14(21-12)15(18)19)9-17-5-2-7-20-8-6-17/h1,3-4H,2,5-9H2,(H,18,19). The molecule has 0 radical (unpaired) electrons. The molecule has 0 unspecified atom stereocenters. The average Bonchev–Trinajstić information content (AvgIpc) is 2.64. The summed E-state index contributed by atoms with van der Waals surface area (Å²) >= 11 is 1.14. The first-order chi connectivity index (χ1) is 10.2. The van der Waals surface area contributed by atoms with Gasteiger partial charge >= 0.3 is 5.97 Å². The summed E-state index contributed by atoms with van der Waals surface area (Å²) in [5, 5.41) is 9.84. The van der Waals surface area contributed by atoms with Gasteiger partial charge in [-0.15, -0.1) is 11.3 Å². The van der Waals surface area contributed by atoms with Crippen LogP contribution in [0.3, 0.4) is 0 Å². The maximum atomic E-state index is 14.1. The molecule has 0 saturated carbocycles. The smallest absolute Gasteiger partial charge is 0.346 e. The van der Waals surface area contributed by atoms with Gasteiger partial charge in [-0.2, -0.15) is 0 Å². The van der Waals surface area contributed by atoms with Crippen LogP contribution in [0.1, 0.15) is 21.7 Å². The molecule has 0 bridgehead atoms. The highest BCUT2D eigenvalue weighted by Crippen LogP contribution is 2.34. The second-order valence-corrected chi connectivity index (χ2v) is 6.12. The van der Waals surface area contributed by atoms with Crippen LogP contribution in [-0.4, -0.2) is 42.3 Å². The predicted octanol–water partition coefficient (Wildman–Crippen LogP) is 2.96. The average molecular weight is 309 g/mol. The van der Waals surface area contributed by atoms with Crippen molar-refractivity contribution in [1.82, 2.24) is 4.90 Å². The summed E-state index contributed by atoms with van der Waals surface area (Å²) in [5.41, 5.74) is 0.586. The van der Waals surface area contributed by atoms with Crippen LogP contribution in [0.25, 0.3) is 10.1 Å². The number of rotatable bonds is 3. The topological polar surface area (TPSA) is 49.8 Å². The zero-order chi connectivity index (χ0) is 14.8. The van der Waals surface area contributed by atoms with Gasteiger partial charge < -0.3 is 9.84 Å². The van der Waals surface area contributed by atoms with Crippen molar-refractivity contribution in [2.75, 3.05) is 26.3 Å². The summed E-state index contributed by atoms with van der Waals surface area (Å²) in [6.07, 6.45) is 0.910. The minimum Gasteiger partial charge on any atom is -0.477 e. The molecule has 1 fully saturated rings. The Morgan fingerprint density at radius 2 is 2.24 bits per heavy atom. The number of hydrogen-bond acceptors (Lipinski definition) is 4. The Balaban J connectivity index is 2.02. The number of benzene rings is 1.